The number of rotatable bonds is 13. The maximum atomic E-state index is 11.4. The summed E-state index contributed by atoms with van der Waals surface area (Å²) in [7, 11) is 0. The smallest absolute Gasteiger partial charge is 0.305 e. The van der Waals surface area contributed by atoms with E-state index in [9.17, 15) is 4.79 Å². The fraction of sp³-hybridized carbons (Fsp3) is 0.824. The number of unbranched alkanes of at least 4 members (excludes halogenated alkanes) is 7. The topological polar surface area (TPSA) is 26.3 Å². The van der Waals surface area contributed by atoms with Crippen molar-refractivity contribution in [3.63, 3.8) is 0 Å². The lowest BCUT2D eigenvalue weighted by atomic mass is 10.1. The summed E-state index contributed by atoms with van der Waals surface area (Å²) in [5, 5.41) is 0. The van der Waals surface area contributed by atoms with Gasteiger partial charge in [0.15, 0.2) is 0 Å². The number of esters is 1. The van der Waals surface area contributed by atoms with Crippen molar-refractivity contribution in [3.8, 4) is 0 Å². The first-order valence-electron chi connectivity index (χ1n) is 8.11. The monoisotopic (exact) mass is 268 g/mol. The first-order valence-corrected chi connectivity index (χ1v) is 8.11. The summed E-state index contributed by atoms with van der Waals surface area (Å²) in [6.45, 7) is 4.88. The number of hydrogen-bond donors (Lipinski definition) is 0. The van der Waals surface area contributed by atoms with E-state index in [1.165, 1.54) is 38.5 Å². The molecule has 2 nitrogen and oxygen atoms in total. The zero-order valence-electron chi connectivity index (χ0n) is 13.0. The molecule has 0 spiro atoms. The third-order valence-electron chi connectivity index (χ3n) is 3.18. The Morgan fingerprint density at radius 2 is 1.53 bits per heavy atom. The van der Waals surface area contributed by atoms with Crippen LogP contribution in [0, 0.1) is 0 Å². The lowest BCUT2D eigenvalue weighted by molar-refractivity contribution is -0.143. The summed E-state index contributed by atoms with van der Waals surface area (Å²) in [5.41, 5.74) is 0. The largest absolute Gasteiger partial charge is 0.465 e. The van der Waals surface area contributed by atoms with Crippen molar-refractivity contribution >= 4 is 5.97 Å². The van der Waals surface area contributed by atoms with Crippen LogP contribution in [0.2, 0.25) is 0 Å². The molecule has 0 unspecified atom stereocenters. The lowest BCUT2D eigenvalue weighted by Gasteiger charge is -2.03. The maximum Gasteiger partial charge on any atom is 0.305 e. The van der Waals surface area contributed by atoms with Crippen molar-refractivity contribution in [1.82, 2.24) is 0 Å². The molecule has 0 saturated carbocycles. The summed E-state index contributed by atoms with van der Waals surface area (Å²) in [6.07, 6.45) is 16.8. The second kappa shape index (κ2) is 15.3. The van der Waals surface area contributed by atoms with Crippen LogP contribution in [0.3, 0.4) is 0 Å². The predicted molar refractivity (Wildman–Crippen MR) is 82.2 cm³/mol. The number of ether oxygens (including phenoxy) is 1. The first-order chi connectivity index (χ1) is 9.31. The van der Waals surface area contributed by atoms with E-state index in [4.69, 9.17) is 4.74 Å². The summed E-state index contributed by atoms with van der Waals surface area (Å²) in [6, 6.07) is 0. The number of carbonyl (C=O) groups is 1. The minimum Gasteiger partial charge on any atom is -0.465 e. The molecule has 0 aromatic rings. The Bertz CT molecular complexity index is 221. The van der Waals surface area contributed by atoms with Crippen molar-refractivity contribution in [1.29, 1.82) is 0 Å². The van der Waals surface area contributed by atoms with E-state index < -0.39 is 0 Å². The van der Waals surface area contributed by atoms with Gasteiger partial charge in [0.1, 0.15) is 0 Å². The predicted octanol–water partition coefficient (Wildman–Crippen LogP) is 5.42. The van der Waals surface area contributed by atoms with Gasteiger partial charge in [-0.05, 0) is 19.3 Å². The van der Waals surface area contributed by atoms with E-state index in [0.717, 1.165) is 25.7 Å². The van der Waals surface area contributed by atoms with E-state index in [-0.39, 0.29) is 5.97 Å². The van der Waals surface area contributed by atoms with Gasteiger partial charge in [-0.1, -0.05) is 70.9 Å². The molecule has 0 bridgehead atoms. The highest BCUT2D eigenvalue weighted by Gasteiger charge is 2.01. The standard InChI is InChI=1S/C17H32O2/c1-3-5-7-9-10-11-12-13-15-17(18)19-16-14-8-6-4-2/h6,8H,3-5,7,9-16H2,1-2H3/b8-6+. The Balaban J connectivity index is 3.18. The van der Waals surface area contributed by atoms with E-state index in [2.05, 4.69) is 26.0 Å². The van der Waals surface area contributed by atoms with Gasteiger partial charge in [-0.25, -0.2) is 0 Å². The number of hydrogen-bond acceptors (Lipinski definition) is 2. The molecular weight excluding hydrogens is 236 g/mol. The molecule has 0 aliphatic heterocycles. The molecule has 0 fully saturated rings. The van der Waals surface area contributed by atoms with Crippen LogP contribution in [0.15, 0.2) is 12.2 Å². The Labute approximate surface area is 119 Å². The van der Waals surface area contributed by atoms with Gasteiger partial charge in [0.2, 0.25) is 0 Å². The number of carbonyl (C=O) groups excluding carboxylic acids is 1. The molecule has 0 aromatic carbocycles. The zero-order chi connectivity index (χ0) is 14.2. The molecule has 19 heavy (non-hydrogen) atoms. The molecule has 2 heteroatoms. The van der Waals surface area contributed by atoms with Gasteiger partial charge in [0.25, 0.3) is 0 Å². The Morgan fingerprint density at radius 1 is 0.895 bits per heavy atom. The first kappa shape index (κ1) is 18.2. The highest BCUT2D eigenvalue weighted by atomic mass is 16.5. The molecule has 0 amide bonds. The molecule has 0 radical (unpaired) electrons. The van der Waals surface area contributed by atoms with Crippen LogP contribution >= 0.6 is 0 Å². The Kier molecular flexibility index (Phi) is 14.6. The van der Waals surface area contributed by atoms with Crippen LogP contribution in [0.25, 0.3) is 0 Å². The SMILES string of the molecule is CC/C=C/CCOC(=O)CCCCCCCCCC. The molecule has 0 aliphatic rings. The molecule has 0 atom stereocenters. The normalized spacial score (nSPS) is 11.1. The number of allylic oxidation sites excluding steroid dienone is 1. The van der Waals surface area contributed by atoms with Crippen molar-refractivity contribution in [2.75, 3.05) is 6.61 Å². The third-order valence-corrected chi connectivity index (χ3v) is 3.18. The molecule has 0 rings (SSSR count). The van der Waals surface area contributed by atoms with Crippen LogP contribution in [0.1, 0.15) is 84.5 Å². The second-order valence-corrected chi connectivity index (χ2v) is 5.11. The fourth-order valence-electron chi connectivity index (χ4n) is 2.00. The molecule has 112 valence electrons. The average Bonchev–Trinajstić information content (AvgIpc) is 2.41. The Morgan fingerprint density at radius 3 is 2.16 bits per heavy atom. The molecule has 0 aliphatic carbocycles. The summed E-state index contributed by atoms with van der Waals surface area (Å²) in [4.78, 5) is 11.4. The van der Waals surface area contributed by atoms with Crippen LogP contribution in [-0.2, 0) is 9.53 Å². The molecule has 0 saturated heterocycles. The third kappa shape index (κ3) is 15.2. The molecule has 0 N–H and O–H groups in total. The minimum atomic E-state index is -0.0316. The summed E-state index contributed by atoms with van der Waals surface area (Å²) >= 11 is 0. The molecule has 0 heterocycles. The fourth-order valence-corrected chi connectivity index (χ4v) is 2.00. The Hall–Kier alpha value is -0.790. The van der Waals surface area contributed by atoms with Gasteiger partial charge >= 0.3 is 5.97 Å². The van der Waals surface area contributed by atoms with Gasteiger partial charge < -0.3 is 4.74 Å². The minimum absolute atomic E-state index is 0.0316. The summed E-state index contributed by atoms with van der Waals surface area (Å²) < 4.78 is 5.16. The van der Waals surface area contributed by atoms with E-state index >= 15 is 0 Å². The molecule has 0 aromatic heterocycles. The van der Waals surface area contributed by atoms with Crippen molar-refractivity contribution in [3.05, 3.63) is 12.2 Å². The van der Waals surface area contributed by atoms with Crippen LogP contribution in [-0.4, -0.2) is 12.6 Å². The summed E-state index contributed by atoms with van der Waals surface area (Å²) in [5.74, 6) is -0.0316. The van der Waals surface area contributed by atoms with Crippen LogP contribution < -0.4 is 0 Å². The van der Waals surface area contributed by atoms with Gasteiger partial charge in [-0.3, -0.25) is 4.79 Å². The van der Waals surface area contributed by atoms with E-state index in [1.807, 2.05) is 0 Å². The molecular formula is C17H32O2. The van der Waals surface area contributed by atoms with Crippen LogP contribution in [0.4, 0.5) is 0 Å². The van der Waals surface area contributed by atoms with E-state index in [1.54, 1.807) is 0 Å². The lowest BCUT2D eigenvalue weighted by Crippen LogP contribution is -2.04. The van der Waals surface area contributed by atoms with Gasteiger partial charge in [-0.2, -0.15) is 0 Å². The highest BCUT2D eigenvalue weighted by molar-refractivity contribution is 5.69. The van der Waals surface area contributed by atoms with Crippen LogP contribution in [0.5, 0.6) is 0 Å². The van der Waals surface area contributed by atoms with E-state index in [0.29, 0.717) is 13.0 Å². The highest BCUT2D eigenvalue weighted by Crippen LogP contribution is 2.09. The van der Waals surface area contributed by atoms with Gasteiger partial charge in [-0.15, -0.1) is 0 Å². The quantitative estimate of drug-likeness (QED) is 0.253. The van der Waals surface area contributed by atoms with Gasteiger partial charge in [0, 0.05) is 6.42 Å². The average molecular weight is 268 g/mol. The van der Waals surface area contributed by atoms with Crippen molar-refractivity contribution in [2.45, 2.75) is 84.5 Å². The van der Waals surface area contributed by atoms with Crippen molar-refractivity contribution < 1.29 is 9.53 Å². The van der Waals surface area contributed by atoms with Crippen molar-refractivity contribution in [2.24, 2.45) is 0 Å². The maximum absolute atomic E-state index is 11.4. The zero-order valence-corrected chi connectivity index (χ0v) is 13.0. The van der Waals surface area contributed by atoms with Gasteiger partial charge in [0.05, 0.1) is 6.61 Å². The second-order valence-electron chi connectivity index (χ2n) is 5.11.